The van der Waals surface area contributed by atoms with Crippen molar-refractivity contribution in [1.29, 1.82) is 0 Å². The average molecular weight is 314 g/mol. The first-order valence-electron chi connectivity index (χ1n) is 6.45. The van der Waals surface area contributed by atoms with Gasteiger partial charge in [0.1, 0.15) is 11.8 Å². The van der Waals surface area contributed by atoms with Gasteiger partial charge < -0.3 is 19.8 Å². The van der Waals surface area contributed by atoms with Gasteiger partial charge in [0.05, 0.1) is 19.6 Å². The number of carboxylic acids is 1. The maximum Gasteiger partial charge on any atom is 0.326 e. The molecule has 2 unspecified atom stereocenters. The van der Waals surface area contributed by atoms with Gasteiger partial charge in [-0.1, -0.05) is 11.6 Å². The van der Waals surface area contributed by atoms with Crippen molar-refractivity contribution in [3.05, 3.63) is 28.8 Å². The fraction of sp³-hybridized carbons (Fsp3) is 0.429. The molecule has 0 radical (unpaired) electrons. The second kappa shape index (κ2) is 6.32. The summed E-state index contributed by atoms with van der Waals surface area (Å²) in [4.78, 5) is 24.6. The summed E-state index contributed by atoms with van der Waals surface area (Å²) >= 11 is 5.90. The highest BCUT2D eigenvalue weighted by Crippen LogP contribution is 2.25. The van der Waals surface area contributed by atoms with Gasteiger partial charge in [-0.05, 0) is 18.2 Å². The fourth-order valence-electron chi connectivity index (χ4n) is 2.47. The highest BCUT2D eigenvalue weighted by molar-refractivity contribution is 6.30. The van der Waals surface area contributed by atoms with Crippen LogP contribution in [0.5, 0.6) is 5.75 Å². The molecule has 1 aliphatic rings. The van der Waals surface area contributed by atoms with Crippen LogP contribution in [0.3, 0.4) is 0 Å². The zero-order valence-corrected chi connectivity index (χ0v) is 12.2. The molecule has 21 heavy (non-hydrogen) atoms. The van der Waals surface area contributed by atoms with E-state index in [1.165, 1.54) is 12.0 Å². The number of rotatable bonds is 4. The Morgan fingerprint density at radius 1 is 1.48 bits per heavy atom. The Kier molecular flexibility index (Phi) is 4.69. The van der Waals surface area contributed by atoms with Crippen LogP contribution in [0.15, 0.2) is 18.2 Å². The lowest BCUT2D eigenvalue weighted by atomic mass is 10.1. The van der Waals surface area contributed by atoms with Crippen LogP contribution >= 0.6 is 11.6 Å². The summed E-state index contributed by atoms with van der Waals surface area (Å²) in [5, 5.41) is 19.2. The van der Waals surface area contributed by atoms with Crippen molar-refractivity contribution < 1.29 is 24.5 Å². The third-order valence-electron chi connectivity index (χ3n) is 3.47. The third-order valence-corrected chi connectivity index (χ3v) is 3.70. The molecule has 2 rings (SSSR count). The smallest absolute Gasteiger partial charge is 0.326 e. The Morgan fingerprint density at radius 3 is 2.81 bits per heavy atom. The monoisotopic (exact) mass is 313 g/mol. The Morgan fingerprint density at radius 2 is 2.19 bits per heavy atom. The van der Waals surface area contributed by atoms with E-state index in [1.807, 2.05) is 0 Å². The number of ether oxygens (including phenoxy) is 1. The highest BCUT2D eigenvalue weighted by Gasteiger charge is 2.38. The Bertz CT molecular complexity index is 562. The maximum absolute atomic E-state index is 12.3. The van der Waals surface area contributed by atoms with Crippen LogP contribution < -0.4 is 4.74 Å². The number of hydrogen-bond donors (Lipinski definition) is 2. The Balaban J connectivity index is 2.18. The van der Waals surface area contributed by atoms with Crippen molar-refractivity contribution in [2.45, 2.75) is 25.0 Å². The average Bonchev–Trinajstić information content (AvgIpc) is 2.81. The minimum Gasteiger partial charge on any atom is -0.496 e. The molecule has 1 amide bonds. The number of carboxylic acid groups (broad SMARTS) is 1. The molecule has 0 aliphatic carbocycles. The number of methoxy groups -OCH3 is 1. The Hall–Kier alpha value is -1.79. The fourth-order valence-corrected chi connectivity index (χ4v) is 2.67. The second-order valence-corrected chi connectivity index (χ2v) is 5.36. The largest absolute Gasteiger partial charge is 0.496 e. The van der Waals surface area contributed by atoms with Crippen molar-refractivity contribution in [3.63, 3.8) is 0 Å². The van der Waals surface area contributed by atoms with E-state index in [1.54, 1.807) is 18.2 Å². The lowest BCUT2D eigenvalue weighted by Crippen LogP contribution is -2.41. The van der Waals surface area contributed by atoms with E-state index in [-0.39, 0.29) is 25.3 Å². The van der Waals surface area contributed by atoms with Gasteiger partial charge in [-0.15, -0.1) is 0 Å². The minimum absolute atomic E-state index is 0.0265. The molecular weight excluding hydrogens is 298 g/mol. The van der Waals surface area contributed by atoms with E-state index in [4.69, 9.17) is 21.4 Å². The molecular formula is C14H16ClNO5. The molecule has 1 saturated heterocycles. The third kappa shape index (κ3) is 3.46. The number of likely N-dealkylation sites (tertiary alicyclic amines) is 1. The SMILES string of the molecule is COc1ccc(Cl)cc1CC(=O)N1CC(O)CC1C(=O)O. The number of aliphatic hydroxyl groups is 1. The summed E-state index contributed by atoms with van der Waals surface area (Å²) in [6.07, 6.45) is -0.787. The van der Waals surface area contributed by atoms with Crippen LogP contribution in [0.4, 0.5) is 0 Å². The summed E-state index contributed by atoms with van der Waals surface area (Å²) in [6.45, 7) is 0.0265. The molecule has 1 aliphatic heterocycles. The van der Waals surface area contributed by atoms with Crippen LogP contribution in [0.25, 0.3) is 0 Å². The number of benzene rings is 1. The summed E-state index contributed by atoms with van der Waals surface area (Å²) < 4.78 is 5.16. The van der Waals surface area contributed by atoms with E-state index in [9.17, 15) is 14.7 Å². The zero-order chi connectivity index (χ0) is 15.6. The normalized spacial score (nSPS) is 21.4. The molecule has 1 heterocycles. The van der Waals surface area contributed by atoms with E-state index in [2.05, 4.69) is 0 Å². The molecule has 0 aromatic heterocycles. The molecule has 1 aromatic rings. The van der Waals surface area contributed by atoms with E-state index < -0.39 is 18.1 Å². The number of aliphatic hydroxyl groups excluding tert-OH is 1. The summed E-state index contributed by atoms with van der Waals surface area (Å²) in [5.41, 5.74) is 0.584. The van der Waals surface area contributed by atoms with E-state index in [0.717, 1.165) is 0 Å². The predicted octanol–water partition coefficient (Wildman–Crippen LogP) is 0.938. The van der Waals surface area contributed by atoms with Crippen LogP contribution in [-0.2, 0) is 16.0 Å². The first-order valence-corrected chi connectivity index (χ1v) is 6.83. The number of carbonyl (C=O) groups excluding carboxylic acids is 1. The number of hydrogen-bond acceptors (Lipinski definition) is 4. The summed E-state index contributed by atoms with van der Waals surface area (Å²) in [7, 11) is 1.48. The number of aliphatic carboxylic acids is 1. The number of nitrogens with zero attached hydrogens (tertiary/aromatic N) is 1. The topological polar surface area (TPSA) is 87.1 Å². The zero-order valence-electron chi connectivity index (χ0n) is 11.5. The number of amides is 1. The van der Waals surface area contributed by atoms with Crippen molar-refractivity contribution in [1.82, 2.24) is 4.90 Å². The first kappa shape index (κ1) is 15.6. The Labute approximate surface area is 126 Å². The van der Waals surface area contributed by atoms with E-state index >= 15 is 0 Å². The molecule has 114 valence electrons. The van der Waals surface area contributed by atoms with Gasteiger partial charge in [-0.2, -0.15) is 0 Å². The molecule has 0 saturated carbocycles. The quantitative estimate of drug-likeness (QED) is 0.864. The lowest BCUT2D eigenvalue weighted by molar-refractivity contribution is -0.148. The van der Waals surface area contributed by atoms with Crippen LogP contribution in [-0.4, -0.2) is 52.8 Å². The number of β-amino-alcohol motifs (C(OH)–C–C–N with tert-alkyl or cyclic N) is 1. The number of carbonyl (C=O) groups is 2. The van der Waals surface area contributed by atoms with Crippen molar-refractivity contribution >= 4 is 23.5 Å². The summed E-state index contributed by atoms with van der Waals surface area (Å²) in [5.74, 6) is -0.975. The van der Waals surface area contributed by atoms with Crippen LogP contribution in [0, 0.1) is 0 Å². The molecule has 2 N–H and O–H groups in total. The molecule has 7 heteroatoms. The molecule has 6 nitrogen and oxygen atoms in total. The number of halogens is 1. The van der Waals surface area contributed by atoms with Gasteiger partial charge in [0.15, 0.2) is 0 Å². The van der Waals surface area contributed by atoms with Crippen molar-refractivity contribution in [2.75, 3.05) is 13.7 Å². The van der Waals surface area contributed by atoms with Crippen molar-refractivity contribution in [2.24, 2.45) is 0 Å². The van der Waals surface area contributed by atoms with Gasteiger partial charge in [0.2, 0.25) is 5.91 Å². The van der Waals surface area contributed by atoms with Gasteiger partial charge in [-0.25, -0.2) is 4.79 Å². The summed E-state index contributed by atoms with van der Waals surface area (Å²) in [6, 6.07) is 3.92. The minimum atomic E-state index is -1.11. The molecule has 0 spiro atoms. The molecule has 1 aromatic carbocycles. The highest BCUT2D eigenvalue weighted by atomic mass is 35.5. The van der Waals surface area contributed by atoms with Gasteiger partial charge in [-0.3, -0.25) is 4.79 Å². The standard InChI is InChI=1S/C14H16ClNO5/c1-21-12-3-2-9(15)4-8(12)5-13(18)16-7-10(17)6-11(16)14(19)20/h2-4,10-11,17H,5-7H2,1H3,(H,19,20). The molecule has 1 fully saturated rings. The van der Waals surface area contributed by atoms with Crippen LogP contribution in [0.1, 0.15) is 12.0 Å². The molecule has 0 bridgehead atoms. The first-order chi connectivity index (χ1) is 9.92. The van der Waals surface area contributed by atoms with E-state index in [0.29, 0.717) is 16.3 Å². The van der Waals surface area contributed by atoms with Gasteiger partial charge >= 0.3 is 5.97 Å². The predicted molar refractivity (Wildman–Crippen MR) is 75.5 cm³/mol. The van der Waals surface area contributed by atoms with Crippen LogP contribution in [0.2, 0.25) is 5.02 Å². The van der Waals surface area contributed by atoms with Gasteiger partial charge in [0.25, 0.3) is 0 Å². The van der Waals surface area contributed by atoms with Gasteiger partial charge in [0, 0.05) is 23.6 Å². The maximum atomic E-state index is 12.3. The second-order valence-electron chi connectivity index (χ2n) is 4.92. The molecule has 2 atom stereocenters. The van der Waals surface area contributed by atoms with Crippen molar-refractivity contribution in [3.8, 4) is 5.75 Å². The lowest BCUT2D eigenvalue weighted by Gasteiger charge is -2.21.